The predicted molar refractivity (Wildman–Crippen MR) is 90.8 cm³/mol. The average Bonchev–Trinajstić information content (AvgIpc) is 3.42. The Morgan fingerprint density at radius 3 is 2.54 bits per heavy atom. The normalized spacial score (nSPS) is 24.9. The summed E-state index contributed by atoms with van der Waals surface area (Å²) in [5.74, 6) is -0.163. The monoisotopic (exact) mass is 319 g/mol. The largest absolute Gasteiger partial charge is 0.350 e. The van der Waals surface area contributed by atoms with Gasteiger partial charge in [0.1, 0.15) is 0 Å². The average molecular weight is 319 g/mol. The van der Waals surface area contributed by atoms with Gasteiger partial charge in [0, 0.05) is 24.3 Å². The minimum atomic E-state index is -1.13. The second-order valence-electron chi connectivity index (χ2n) is 6.67. The molecule has 0 unspecified atom stereocenters. The van der Waals surface area contributed by atoms with Crippen molar-refractivity contribution >= 4 is 23.2 Å². The van der Waals surface area contributed by atoms with Crippen molar-refractivity contribution in [2.75, 3.05) is 17.3 Å². The van der Waals surface area contributed by atoms with Gasteiger partial charge < -0.3 is 15.1 Å². The van der Waals surface area contributed by atoms with Crippen LogP contribution in [0.15, 0.2) is 48.5 Å². The fourth-order valence-electron chi connectivity index (χ4n) is 3.98. The molecule has 120 valence electrons. The quantitative estimate of drug-likeness (QED) is 0.879. The number of nitrogens with one attached hydrogen (secondary N) is 1. The Morgan fingerprint density at radius 1 is 1.04 bits per heavy atom. The molecule has 1 spiro atoms. The zero-order valence-electron chi connectivity index (χ0n) is 13.3. The standard InChI is InChI=1S/C19H17N3O2/c1-21-16-9-5-3-7-14(16)19(18(21)24)20-15-8-4-2-6-13(15)17(23)22(19)12-10-11-12/h2-9,12,20H,10-11H2,1H3/t19-/m0/s1. The van der Waals surface area contributed by atoms with Gasteiger partial charge in [-0.15, -0.1) is 0 Å². The summed E-state index contributed by atoms with van der Waals surface area (Å²) in [5.41, 5.74) is 1.94. The first-order valence-corrected chi connectivity index (χ1v) is 8.23. The van der Waals surface area contributed by atoms with E-state index in [1.54, 1.807) is 16.8 Å². The van der Waals surface area contributed by atoms with E-state index in [1.807, 2.05) is 48.5 Å². The van der Waals surface area contributed by atoms with E-state index in [0.717, 1.165) is 29.8 Å². The third-order valence-electron chi connectivity index (χ3n) is 5.23. The fraction of sp³-hybridized carbons (Fsp3) is 0.263. The second-order valence-corrected chi connectivity index (χ2v) is 6.67. The van der Waals surface area contributed by atoms with Crippen LogP contribution in [0, 0.1) is 0 Å². The Balaban J connectivity index is 1.80. The molecule has 0 saturated heterocycles. The van der Waals surface area contributed by atoms with Crippen molar-refractivity contribution in [3.63, 3.8) is 0 Å². The molecule has 1 saturated carbocycles. The van der Waals surface area contributed by atoms with Gasteiger partial charge in [-0.3, -0.25) is 9.59 Å². The molecule has 1 atom stereocenters. The van der Waals surface area contributed by atoms with Crippen molar-refractivity contribution in [3.8, 4) is 0 Å². The maximum atomic E-state index is 13.3. The van der Waals surface area contributed by atoms with Crippen LogP contribution in [0.5, 0.6) is 0 Å². The summed E-state index contributed by atoms with van der Waals surface area (Å²) in [7, 11) is 1.77. The van der Waals surface area contributed by atoms with Crippen molar-refractivity contribution in [3.05, 3.63) is 59.7 Å². The number of likely N-dealkylation sites (N-methyl/N-ethyl adjacent to an activating group) is 1. The molecule has 5 heteroatoms. The molecule has 2 aromatic rings. The smallest absolute Gasteiger partial charge is 0.278 e. The van der Waals surface area contributed by atoms with Crippen LogP contribution in [0.2, 0.25) is 0 Å². The number of carbonyl (C=O) groups is 2. The maximum absolute atomic E-state index is 13.3. The first kappa shape index (κ1) is 13.6. The van der Waals surface area contributed by atoms with E-state index in [0.29, 0.717) is 5.56 Å². The van der Waals surface area contributed by atoms with Crippen molar-refractivity contribution < 1.29 is 9.59 Å². The number of para-hydroxylation sites is 2. The van der Waals surface area contributed by atoms with E-state index in [4.69, 9.17) is 0 Å². The molecular formula is C19H17N3O2. The lowest BCUT2D eigenvalue weighted by Crippen LogP contribution is -2.63. The lowest BCUT2D eigenvalue weighted by Gasteiger charge is -2.45. The molecule has 2 amide bonds. The minimum absolute atomic E-state index is 0.0645. The molecule has 1 aliphatic carbocycles. The molecule has 3 aliphatic rings. The van der Waals surface area contributed by atoms with Crippen LogP contribution in [-0.4, -0.2) is 29.8 Å². The van der Waals surface area contributed by atoms with E-state index < -0.39 is 5.66 Å². The number of rotatable bonds is 1. The second kappa shape index (κ2) is 4.38. The number of amides is 2. The molecule has 24 heavy (non-hydrogen) atoms. The van der Waals surface area contributed by atoms with Gasteiger partial charge in [0.05, 0.1) is 11.3 Å². The first-order chi connectivity index (χ1) is 11.6. The van der Waals surface area contributed by atoms with E-state index in [2.05, 4.69) is 5.32 Å². The Morgan fingerprint density at radius 2 is 1.75 bits per heavy atom. The Hall–Kier alpha value is -2.82. The molecule has 1 fully saturated rings. The third kappa shape index (κ3) is 1.49. The topological polar surface area (TPSA) is 52.7 Å². The molecular weight excluding hydrogens is 302 g/mol. The molecule has 5 nitrogen and oxygen atoms in total. The highest BCUT2D eigenvalue weighted by Gasteiger charge is 2.61. The van der Waals surface area contributed by atoms with E-state index in [1.165, 1.54) is 0 Å². The van der Waals surface area contributed by atoms with Crippen LogP contribution in [0.25, 0.3) is 0 Å². The molecule has 1 N–H and O–H groups in total. The summed E-state index contributed by atoms with van der Waals surface area (Å²) in [5, 5.41) is 3.42. The minimum Gasteiger partial charge on any atom is -0.350 e. The first-order valence-electron chi connectivity index (χ1n) is 8.23. The fourth-order valence-corrected chi connectivity index (χ4v) is 3.98. The molecule has 0 radical (unpaired) electrons. The van der Waals surface area contributed by atoms with Crippen LogP contribution < -0.4 is 10.2 Å². The van der Waals surface area contributed by atoms with Gasteiger partial charge in [-0.1, -0.05) is 30.3 Å². The van der Waals surface area contributed by atoms with Crippen LogP contribution in [0.3, 0.4) is 0 Å². The Labute approximate surface area is 139 Å². The zero-order valence-corrected chi connectivity index (χ0v) is 13.3. The summed E-state index contributed by atoms with van der Waals surface area (Å²) >= 11 is 0. The molecule has 2 aromatic carbocycles. The lowest BCUT2D eigenvalue weighted by molar-refractivity contribution is -0.127. The number of anilines is 2. The van der Waals surface area contributed by atoms with Crippen molar-refractivity contribution in [2.45, 2.75) is 24.5 Å². The number of benzene rings is 2. The van der Waals surface area contributed by atoms with Gasteiger partial charge in [0.25, 0.3) is 11.8 Å². The molecule has 0 bridgehead atoms. The summed E-state index contributed by atoms with van der Waals surface area (Å²) in [6, 6.07) is 15.3. The lowest BCUT2D eigenvalue weighted by atomic mass is 9.92. The maximum Gasteiger partial charge on any atom is 0.278 e. The van der Waals surface area contributed by atoms with Crippen molar-refractivity contribution in [2.24, 2.45) is 0 Å². The van der Waals surface area contributed by atoms with E-state index in [-0.39, 0.29) is 17.9 Å². The summed E-state index contributed by atoms with van der Waals surface area (Å²) in [4.78, 5) is 30.0. The number of carbonyl (C=O) groups excluding carboxylic acids is 2. The molecule has 2 aliphatic heterocycles. The summed E-state index contributed by atoms with van der Waals surface area (Å²) in [6.45, 7) is 0. The van der Waals surface area contributed by atoms with Gasteiger partial charge in [0.2, 0.25) is 5.66 Å². The summed E-state index contributed by atoms with van der Waals surface area (Å²) < 4.78 is 0. The van der Waals surface area contributed by atoms with Crippen LogP contribution in [0.4, 0.5) is 11.4 Å². The number of fused-ring (bicyclic) bond motifs is 3. The van der Waals surface area contributed by atoms with E-state index in [9.17, 15) is 9.59 Å². The van der Waals surface area contributed by atoms with Crippen molar-refractivity contribution in [1.29, 1.82) is 0 Å². The molecule has 0 aromatic heterocycles. The highest BCUT2D eigenvalue weighted by Crippen LogP contribution is 2.50. The van der Waals surface area contributed by atoms with Gasteiger partial charge in [-0.05, 0) is 31.0 Å². The van der Waals surface area contributed by atoms with Gasteiger partial charge in [-0.25, -0.2) is 0 Å². The number of hydrogen-bond acceptors (Lipinski definition) is 3. The van der Waals surface area contributed by atoms with Crippen molar-refractivity contribution in [1.82, 2.24) is 4.90 Å². The van der Waals surface area contributed by atoms with Crippen LogP contribution in [-0.2, 0) is 10.5 Å². The summed E-state index contributed by atoms with van der Waals surface area (Å²) in [6.07, 6.45) is 1.88. The SMILES string of the molecule is CN1C(=O)[C@]2(Nc3ccccc3C(=O)N2C2CC2)c2ccccc21. The van der Waals surface area contributed by atoms with Gasteiger partial charge in [-0.2, -0.15) is 0 Å². The predicted octanol–water partition coefficient (Wildman–Crippen LogP) is 2.55. The van der Waals surface area contributed by atoms with Gasteiger partial charge in [0.15, 0.2) is 0 Å². The zero-order chi connectivity index (χ0) is 16.5. The van der Waals surface area contributed by atoms with Gasteiger partial charge >= 0.3 is 0 Å². The molecule has 2 heterocycles. The Bertz CT molecular complexity index is 890. The third-order valence-corrected chi connectivity index (χ3v) is 5.23. The van der Waals surface area contributed by atoms with E-state index >= 15 is 0 Å². The highest BCUT2D eigenvalue weighted by molar-refractivity contribution is 6.15. The highest BCUT2D eigenvalue weighted by atomic mass is 16.2. The molecule has 5 rings (SSSR count). The Kier molecular flexibility index (Phi) is 2.48. The van der Waals surface area contributed by atoms with Crippen LogP contribution >= 0.6 is 0 Å². The number of hydrogen-bond donors (Lipinski definition) is 1. The van der Waals surface area contributed by atoms with Crippen LogP contribution in [0.1, 0.15) is 28.8 Å². The number of nitrogens with zero attached hydrogens (tertiary/aromatic N) is 2.